The molecule has 0 radical (unpaired) electrons. The van der Waals surface area contributed by atoms with Crippen LogP contribution in [0.2, 0.25) is 0 Å². The lowest BCUT2D eigenvalue weighted by atomic mass is 9.69. The lowest BCUT2D eigenvalue weighted by Gasteiger charge is -2.32. The highest BCUT2D eigenvalue weighted by molar-refractivity contribution is 5.97. The number of hydrogen-bond acceptors (Lipinski definition) is 2. The Morgan fingerprint density at radius 1 is 1.43 bits per heavy atom. The third kappa shape index (κ3) is 1.32. The lowest BCUT2D eigenvalue weighted by Crippen LogP contribution is -2.39. The molecule has 0 amide bonds. The fourth-order valence-corrected chi connectivity index (χ4v) is 1.53. The minimum absolute atomic E-state index is 0.0694. The number of rotatable bonds is 2. The smallest absolute Gasteiger partial charge is 0.332 e. The summed E-state index contributed by atoms with van der Waals surface area (Å²) in [5.74, 6) is -2.61. The van der Waals surface area contributed by atoms with E-state index in [-0.39, 0.29) is 11.5 Å². The highest BCUT2D eigenvalue weighted by Crippen LogP contribution is 2.39. The fourth-order valence-electron chi connectivity index (χ4n) is 1.53. The Balaban J connectivity index is 3.25. The summed E-state index contributed by atoms with van der Waals surface area (Å²) in [6, 6.07) is 0. The van der Waals surface area contributed by atoms with Gasteiger partial charge < -0.3 is 10.2 Å². The number of aliphatic carboxylic acids is 2. The van der Waals surface area contributed by atoms with Crippen molar-refractivity contribution < 1.29 is 19.8 Å². The molecule has 1 aliphatic carbocycles. The molecule has 4 nitrogen and oxygen atoms in total. The quantitative estimate of drug-likeness (QED) is 0.697. The summed E-state index contributed by atoms with van der Waals surface area (Å²) in [5.41, 5.74) is -1.40. The van der Waals surface area contributed by atoms with E-state index in [2.05, 4.69) is 0 Å². The highest BCUT2D eigenvalue weighted by Gasteiger charge is 2.45. The molecule has 2 N–H and O–H groups in total. The average Bonchev–Trinajstić information content (AvgIpc) is 2.08. The molecule has 4 heteroatoms. The Labute approximate surface area is 81.6 Å². The van der Waals surface area contributed by atoms with Gasteiger partial charge in [0.1, 0.15) is 5.41 Å². The number of hydrogen-bond donors (Lipinski definition) is 2. The molecule has 0 heterocycles. The molecule has 0 aliphatic heterocycles. The van der Waals surface area contributed by atoms with Crippen LogP contribution in [0.4, 0.5) is 0 Å². The van der Waals surface area contributed by atoms with Gasteiger partial charge in [-0.1, -0.05) is 25.2 Å². The molecular weight excluding hydrogens is 184 g/mol. The van der Waals surface area contributed by atoms with Gasteiger partial charge in [0, 0.05) is 0 Å². The van der Waals surface area contributed by atoms with Crippen molar-refractivity contribution >= 4 is 11.9 Å². The van der Waals surface area contributed by atoms with Crippen LogP contribution in [0.1, 0.15) is 13.8 Å². The van der Waals surface area contributed by atoms with Crippen LogP contribution in [0.5, 0.6) is 0 Å². The van der Waals surface area contributed by atoms with Gasteiger partial charge in [-0.25, -0.2) is 4.79 Å². The molecule has 0 fully saturated rings. The first-order valence-electron chi connectivity index (χ1n) is 4.26. The van der Waals surface area contributed by atoms with Crippen molar-refractivity contribution in [1.29, 1.82) is 0 Å². The number of allylic oxidation sites excluding steroid dienone is 3. The molecule has 1 rings (SSSR count). The molecular formula is C10H12O4. The van der Waals surface area contributed by atoms with Crippen molar-refractivity contribution in [3.8, 4) is 0 Å². The van der Waals surface area contributed by atoms with Crippen LogP contribution >= 0.6 is 0 Å². The standard InChI is InChI=1S/C10H12O4/c1-6-4-3-5-7(8(11)12)10(6,2)9(13)14/h3-6H,1-2H3,(H,11,12)(H,13,14). The number of carbonyl (C=O) groups is 2. The maximum absolute atomic E-state index is 11.1. The lowest BCUT2D eigenvalue weighted by molar-refractivity contribution is -0.151. The predicted octanol–water partition coefficient (Wildman–Crippen LogP) is 1.29. The van der Waals surface area contributed by atoms with E-state index in [0.29, 0.717) is 0 Å². The summed E-state index contributed by atoms with van der Waals surface area (Å²) in [5, 5.41) is 17.9. The molecule has 76 valence electrons. The zero-order valence-corrected chi connectivity index (χ0v) is 8.02. The first-order valence-corrected chi connectivity index (χ1v) is 4.26. The van der Waals surface area contributed by atoms with Gasteiger partial charge in [0.05, 0.1) is 5.57 Å². The first-order chi connectivity index (χ1) is 6.40. The van der Waals surface area contributed by atoms with Gasteiger partial charge >= 0.3 is 11.9 Å². The van der Waals surface area contributed by atoms with Gasteiger partial charge in [-0.2, -0.15) is 0 Å². The largest absolute Gasteiger partial charge is 0.481 e. The Hall–Kier alpha value is -1.58. The number of carboxylic acids is 2. The Kier molecular flexibility index (Phi) is 2.47. The molecule has 0 spiro atoms. The predicted molar refractivity (Wildman–Crippen MR) is 49.8 cm³/mol. The minimum Gasteiger partial charge on any atom is -0.481 e. The van der Waals surface area contributed by atoms with E-state index in [4.69, 9.17) is 10.2 Å². The molecule has 0 aromatic heterocycles. The van der Waals surface area contributed by atoms with Crippen LogP contribution in [0.3, 0.4) is 0 Å². The maximum atomic E-state index is 11.1. The third-order valence-corrected chi connectivity index (χ3v) is 2.81. The zero-order chi connectivity index (χ0) is 10.9. The molecule has 1 aliphatic rings. The second-order valence-electron chi connectivity index (χ2n) is 3.57. The molecule has 0 saturated carbocycles. The monoisotopic (exact) mass is 196 g/mol. The summed E-state index contributed by atoms with van der Waals surface area (Å²) in [4.78, 5) is 21.9. The SMILES string of the molecule is CC1C=CC=C(C(=O)O)C1(C)C(=O)O. The van der Waals surface area contributed by atoms with Crippen LogP contribution < -0.4 is 0 Å². The normalized spacial score (nSPS) is 31.0. The summed E-state index contributed by atoms with van der Waals surface area (Å²) in [6.07, 6.45) is 4.62. The molecule has 0 aromatic carbocycles. The Morgan fingerprint density at radius 3 is 2.36 bits per heavy atom. The van der Waals surface area contributed by atoms with E-state index < -0.39 is 17.4 Å². The Morgan fingerprint density at radius 2 is 2.00 bits per heavy atom. The van der Waals surface area contributed by atoms with Gasteiger partial charge in [-0.15, -0.1) is 0 Å². The van der Waals surface area contributed by atoms with E-state index in [1.54, 1.807) is 19.1 Å². The van der Waals surface area contributed by atoms with Crippen LogP contribution in [0.15, 0.2) is 23.8 Å². The van der Waals surface area contributed by atoms with E-state index >= 15 is 0 Å². The van der Waals surface area contributed by atoms with Crippen molar-refractivity contribution in [2.24, 2.45) is 11.3 Å². The highest BCUT2D eigenvalue weighted by atomic mass is 16.4. The third-order valence-electron chi connectivity index (χ3n) is 2.81. The van der Waals surface area contributed by atoms with E-state index in [0.717, 1.165) is 0 Å². The van der Waals surface area contributed by atoms with Gasteiger partial charge in [-0.3, -0.25) is 4.79 Å². The van der Waals surface area contributed by atoms with E-state index in [9.17, 15) is 9.59 Å². The molecule has 0 aromatic rings. The van der Waals surface area contributed by atoms with Crippen molar-refractivity contribution in [3.05, 3.63) is 23.8 Å². The zero-order valence-electron chi connectivity index (χ0n) is 8.02. The number of carboxylic acid groups (broad SMARTS) is 2. The summed E-state index contributed by atoms with van der Waals surface area (Å²) in [7, 11) is 0. The topological polar surface area (TPSA) is 74.6 Å². The van der Waals surface area contributed by atoms with Crippen molar-refractivity contribution in [3.63, 3.8) is 0 Å². The van der Waals surface area contributed by atoms with Gasteiger partial charge in [-0.05, 0) is 12.8 Å². The van der Waals surface area contributed by atoms with Gasteiger partial charge in [0.15, 0.2) is 0 Å². The summed E-state index contributed by atoms with van der Waals surface area (Å²) in [6.45, 7) is 3.13. The van der Waals surface area contributed by atoms with Crippen molar-refractivity contribution in [2.75, 3.05) is 0 Å². The van der Waals surface area contributed by atoms with Crippen molar-refractivity contribution in [2.45, 2.75) is 13.8 Å². The summed E-state index contributed by atoms with van der Waals surface area (Å²) >= 11 is 0. The molecule has 2 unspecified atom stereocenters. The van der Waals surface area contributed by atoms with Crippen LogP contribution in [0, 0.1) is 11.3 Å². The molecule has 0 saturated heterocycles. The van der Waals surface area contributed by atoms with Crippen LogP contribution in [0.25, 0.3) is 0 Å². The second kappa shape index (κ2) is 3.29. The van der Waals surface area contributed by atoms with Crippen LogP contribution in [-0.4, -0.2) is 22.2 Å². The van der Waals surface area contributed by atoms with Crippen molar-refractivity contribution in [1.82, 2.24) is 0 Å². The maximum Gasteiger partial charge on any atom is 0.332 e. The molecule has 0 bridgehead atoms. The average molecular weight is 196 g/mol. The molecule has 2 atom stereocenters. The fraction of sp³-hybridized carbons (Fsp3) is 0.400. The van der Waals surface area contributed by atoms with E-state index in [1.165, 1.54) is 13.0 Å². The molecule has 14 heavy (non-hydrogen) atoms. The van der Waals surface area contributed by atoms with Crippen LogP contribution in [-0.2, 0) is 9.59 Å². The summed E-state index contributed by atoms with van der Waals surface area (Å²) < 4.78 is 0. The second-order valence-corrected chi connectivity index (χ2v) is 3.57. The minimum atomic E-state index is -1.33. The Bertz CT molecular complexity index is 340. The van der Waals surface area contributed by atoms with Gasteiger partial charge in [0.2, 0.25) is 0 Å². The van der Waals surface area contributed by atoms with E-state index in [1.807, 2.05) is 0 Å². The van der Waals surface area contributed by atoms with Gasteiger partial charge in [0.25, 0.3) is 0 Å². The first kappa shape index (κ1) is 10.5.